The van der Waals surface area contributed by atoms with Crippen LogP contribution in [0.3, 0.4) is 0 Å². The van der Waals surface area contributed by atoms with Gasteiger partial charge in [-0.25, -0.2) is 0 Å². The summed E-state index contributed by atoms with van der Waals surface area (Å²) in [5.41, 5.74) is 1.80. The van der Waals surface area contributed by atoms with Crippen molar-refractivity contribution in [2.45, 2.75) is 51.7 Å². The fraction of sp³-hybridized carbons (Fsp3) is 0.571. The Hall–Kier alpha value is -1.27. The summed E-state index contributed by atoms with van der Waals surface area (Å²) in [6.45, 7) is 7.98. The van der Waals surface area contributed by atoms with E-state index in [1.54, 1.807) is 11.3 Å². The van der Waals surface area contributed by atoms with E-state index in [-0.39, 0.29) is 17.6 Å². The second-order valence-corrected chi connectivity index (χ2v) is 9.09. The minimum absolute atomic E-state index is 0.152. The Balaban J connectivity index is 1.78. The summed E-state index contributed by atoms with van der Waals surface area (Å²) in [5.74, 6) is 0. The van der Waals surface area contributed by atoms with Gasteiger partial charge >= 0.3 is 0 Å². The highest BCUT2D eigenvalue weighted by Gasteiger charge is 2.47. The topological polar surface area (TPSA) is 56.6 Å². The summed E-state index contributed by atoms with van der Waals surface area (Å²) in [6.07, 6.45) is 4.04. The zero-order chi connectivity index (χ0) is 18.8. The van der Waals surface area contributed by atoms with E-state index in [1.807, 2.05) is 13.1 Å². The number of nitrogens with zero attached hydrogens (tertiary/aromatic N) is 2. The van der Waals surface area contributed by atoms with Gasteiger partial charge in [0.2, 0.25) is 0 Å². The van der Waals surface area contributed by atoms with Gasteiger partial charge in [-0.2, -0.15) is 0 Å². The number of aryl methyl sites for hydroxylation is 2. The molecule has 2 atom stereocenters. The van der Waals surface area contributed by atoms with E-state index in [0.29, 0.717) is 0 Å². The second-order valence-electron chi connectivity index (χ2n) is 8.06. The van der Waals surface area contributed by atoms with Gasteiger partial charge in [-0.05, 0) is 69.7 Å². The van der Waals surface area contributed by atoms with E-state index >= 15 is 0 Å². The third-order valence-corrected chi connectivity index (χ3v) is 7.06. The molecule has 2 aromatic rings. The third kappa shape index (κ3) is 3.86. The van der Waals surface area contributed by atoms with Gasteiger partial charge in [0.05, 0.1) is 12.7 Å². The Bertz CT molecular complexity index is 699. The molecule has 26 heavy (non-hydrogen) atoms. The SMILES string of the molecule is Cc1ccc(C(C)(C)N2CCC(CCc3cccs3)(C(O)CO)C2)cn1. The van der Waals surface area contributed by atoms with Crippen molar-refractivity contribution in [3.63, 3.8) is 0 Å². The van der Waals surface area contributed by atoms with Crippen LogP contribution < -0.4 is 0 Å². The van der Waals surface area contributed by atoms with Gasteiger partial charge in [-0.1, -0.05) is 12.1 Å². The van der Waals surface area contributed by atoms with Crippen LogP contribution in [0, 0.1) is 12.3 Å². The van der Waals surface area contributed by atoms with Crippen LogP contribution >= 0.6 is 11.3 Å². The molecule has 5 heteroatoms. The molecule has 2 N–H and O–H groups in total. The molecule has 1 aliphatic heterocycles. The molecule has 0 amide bonds. The van der Waals surface area contributed by atoms with E-state index in [1.165, 1.54) is 10.4 Å². The molecule has 1 aliphatic rings. The molecular formula is C21H30N2O2S. The number of likely N-dealkylation sites (tertiary alicyclic amines) is 1. The lowest BCUT2D eigenvalue weighted by atomic mass is 9.77. The average molecular weight is 375 g/mol. The van der Waals surface area contributed by atoms with Gasteiger partial charge in [-0.3, -0.25) is 9.88 Å². The van der Waals surface area contributed by atoms with E-state index in [2.05, 4.69) is 53.4 Å². The van der Waals surface area contributed by atoms with Gasteiger partial charge in [0.1, 0.15) is 0 Å². The first kappa shape index (κ1) is 19.5. The van der Waals surface area contributed by atoms with Crippen LogP contribution in [0.5, 0.6) is 0 Å². The third-order valence-electron chi connectivity index (χ3n) is 6.12. The summed E-state index contributed by atoms with van der Waals surface area (Å²) in [7, 11) is 0. The zero-order valence-electron chi connectivity index (χ0n) is 16.0. The Morgan fingerprint density at radius 3 is 2.77 bits per heavy atom. The van der Waals surface area contributed by atoms with Gasteiger partial charge in [0, 0.05) is 34.3 Å². The van der Waals surface area contributed by atoms with Crippen molar-refractivity contribution in [3.8, 4) is 0 Å². The van der Waals surface area contributed by atoms with Crippen LogP contribution in [0.1, 0.15) is 42.8 Å². The molecule has 0 aromatic carbocycles. The molecule has 2 unspecified atom stereocenters. The van der Waals surface area contributed by atoms with Crippen molar-refractivity contribution in [1.82, 2.24) is 9.88 Å². The lowest BCUT2D eigenvalue weighted by Crippen LogP contribution is -2.45. The fourth-order valence-corrected chi connectivity index (χ4v) is 4.76. The highest BCUT2D eigenvalue weighted by atomic mass is 32.1. The average Bonchev–Trinajstić information content (AvgIpc) is 3.30. The quantitative estimate of drug-likeness (QED) is 0.780. The van der Waals surface area contributed by atoms with E-state index in [0.717, 1.165) is 38.0 Å². The summed E-state index contributed by atoms with van der Waals surface area (Å²) in [6, 6.07) is 8.43. The standard InChI is InChI=1S/C21H30N2O2S/c1-16-6-7-17(13-22-16)20(2,3)23-11-10-21(15-23,19(25)14-24)9-8-18-5-4-12-26-18/h4-7,12-13,19,24-25H,8-11,14-15H2,1-3H3. The van der Waals surface area contributed by atoms with E-state index < -0.39 is 6.10 Å². The molecule has 0 bridgehead atoms. The second kappa shape index (κ2) is 7.77. The maximum absolute atomic E-state index is 10.6. The highest BCUT2D eigenvalue weighted by Crippen LogP contribution is 2.43. The molecular weight excluding hydrogens is 344 g/mol. The largest absolute Gasteiger partial charge is 0.394 e. The highest BCUT2D eigenvalue weighted by molar-refractivity contribution is 7.09. The van der Waals surface area contributed by atoms with Crippen LogP contribution in [0.25, 0.3) is 0 Å². The maximum atomic E-state index is 10.6. The minimum atomic E-state index is -0.681. The molecule has 3 rings (SSSR count). The number of aliphatic hydroxyl groups is 2. The van der Waals surface area contributed by atoms with Crippen LogP contribution in [-0.4, -0.2) is 45.9 Å². The Morgan fingerprint density at radius 2 is 2.15 bits per heavy atom. The number of hydrogen-bond donors (Lipinski definition) is 2. The molecule has 1 fully saturated rings. The van der Waals surface area contributed by atoms with E-state index in [4.69, 9.17) is 0 Å². The first-order valence-corrected chi connectivity index (χ1v) is 10.2. The fourth-order valence-electron chi connectivity index (χ4n) is 4.05. The van der Waals surface area contributed by atoms with Gasteiger partial charge < -0.3 is 10.2 Å². The van der Waals surface area contributed by atoms with Crippen LogP contribution in [0.4, 0.5) is 0 Å². The first-order valence-electron chi connectivity index (χ1n) is 9.37. The number of rotatable bonds is 7. The van der Waals surface area contributed by atoms with Crippen molar-refractivity contribution in [3.05, 3.63) is 52.0 Å². The minimum Gasteiger partial charge on any atom is -0.394 e. The molecule has 3 heterocycles. The molecule has 1 saturated heterocycles. The van der Waals surface area contributed by atoms with Crippen molar-refractivity contribution >= 4 is 11.3 Å². The number of pyridine rings is 1. The molecule has 0 saturated carbocycles. The smallest absolute Gasteiger partial charge is 0.0839 e. The zero-order valence-corrected chi connectivity index (χ0v) is 16.8. The summed E-state index contributed by atoms with van der Waals surface area (Å²) < 4.78 is 0. The lowest BCUT2D eigenvalue weighted by molar-refractivity contribution is -0.0217. The van der Waals surface area contributed by atoms with Gasteiger partial charge in [0.25, 0.3) is 0 Å². The number of thiophene rings is 1. The molecule has 2 aromatic heterocycles. The van der Waals surface area contributed by atoms with Crippen LogP contribution in [-0.2, 0) is 12.0 Å². The normalized spacial score (nSPS) is 22.7. The van der Waals surface area contributed by atoms with Crippen molar-refractivity contribution in [1.29, 1.82) is 0 Å². The number of aliphatic hydroxyl groups excluding tert-OH is 2. The Kier molecular flexibility index (Phi) is 5.82. The molecule has 0 aliphatic carbocycles. The first-order chi connectivity index (χ1) is 12.4. The number of aromatic nitrogens is 1. The molecule has 142 valence electrons. The van der Waals surface area contributed by atoms with Gasteiger partial charge in [0.15, 0.2) is 0 Å². The van der Waals surface area contributed by atoms with Crippen molar-refractivity contribution in [2.75, 3.05) is 19.7 Å². The summed E-state index contributed by atoms with van der Waals surface area (Å²) in [5, 5.41) is 22.4. The Morgan fingerprint density at radius 1 is 1.35 bits per heavy atom. The van der Waals surface area contributed by atoms with Crippen molar-refractivity contribution < 1.29 is 10.2 Å². The summed E-state index contributed by atoms with van der Waals surface area (Å²) >= 11 is 1.76. The number of hydrogen-bond acceptors (Lipinski definition) is 5. The monoisotopic (exact) mass is 374 g/mol. The maximum Gasteiger partial charge on any atom is 0.0839 e. The Labute approximate surface area is 160 Å². The molecule has 0 radical (unpaired) electrons. The van der Waals surface area contributed by atoms with Crippen LogP contribution in [0.2, 0.25) is 0 Å². The van der Waals surface area contributed by atoms with Gasteiger partial charge in [-0.15, -0.1) is 11.3 Å². The van der Waals surface area contributed by atoms with Crippen LogP contribution in [0.15, 0.2) is 35.8 Å². The van der Waals surface area contributed by atoms with Crippen molar-refractivity contribution in [2.24, 2.45) is 5.41 Å². The predicted octanol–water partition coefficient (Wildman–Crippen LogP) is 3.36. The summed E-state index contributed by atoms with van der Waals surface area (Å²) in [4.78, 5) is 8.24. The van der Waals surface area contributed by atoms with E-state index in [9.17, 15) is 10.2 Å². The molecule has 0 spiro atoms. The predicted molar refractivity (Wildman–Crippen MR) is 106 cm³/mol. The molecule has 4 nitrogen and oxygen atoms in total. The lowest BCUT2D eigenvalue weighted by Gasteiger charge is -2.39.